The number of amides is 1. The third-order valence-electron chi connectivity index (χ3n) is 2.78. The van der Waals surface area contributed by atoms with Crippen molar-refractivity contribution >= 4 is 17.7 Å². The summed E-state index contributed by atoms with van der Waals surface area (Å²) in [7, 11) is 0. The topological polar surface area (TPSA) is 29.1 Å². The van der Waals surface area contributed by atoms with Crippen LogP contribution in [0, 0.1) is 5.92 Å². The number of carbonyl (C=O) groups is 1. The van der Waals surface area contributed by atoms with Crippen molar-refractivity contribution in [3.63, 3.8) is 0 Å². The predicted octanol–water partition coefficient (Wildman–Crippen LogP) is 2.43. The minimum Gasteiger partial charge on any atom is -0.353 e. The molecule has 1 N–H and O–H groups in total. The second-order valence-corrected chi connectivity index (χ2v) is 5.11. The van der Waals surface area contributed by atoms with Crippen LogP contribution >= 0.6 is 11.8 Å². The van der Waals surface area contributed by atoms with Gasteiger partial charge in [-0.2, -0.15) is 11.8 Å². The molecular formula is C11H21NOS. The zero-order valence-electron chi connectivity index (χ0n) is 9.21. The monoisotopic (exact) mass is 215 g/mol. The fraction of sp³-hybridized carbons (Fsp3) is 0.909. The van der Waals surface area contributed by atoms with E-state index < -0.39 is 0 Å². The van der Waals surface area contributed by atoms with Gasteiger partial charge < -0.3 is 5.32 Å². The number of rotatable bonds is 4. The lowest BCUT2D eigenvalue weighted by Gasteiger charge is -2.22. The van der Waals surface area contributed by atoms with E-state index in [2.05, 4.69) is 18.5 Å². The molecule has 1 rings (SSSR count). The van der Waals surface area contributed by atoms with E-state index in [9.17, 15) is 4.79 Å². The Morgan fingerprint density at radius 3 is 2.64 bits per heavy atom. The molecule has 1 fully saturated rings. The maximum atomic E-state index is 11.8. The Kier molecular flexibility index (Phi) is 5.38. The third-order valence-corrected chi connectivity index (χ3v) is 3.61. The molecule has 0 aromatic heterocycles. The van der Waals surface area contributed by atoms with Crippen LogP contribution in [-0.2, 0) is 4.79 Å². The van der Waals surface area contributed by atoms with Crippen molar-refractivity contribution < 1.29 is 4.79 Å². The molecule has 0 aliphatic heterocycles. The Balaban J connectivity index is 2.25. The van der Waals surface area contributed by atoms with E-state index >= 15 is 0 Å². The minimum atomic E-state index is 0.284. The van der Waals surface area contributed by atoms with Crippen molar-refractivity contribution in [3.8, 4) is 0 Å². The summed E-state index contributed by atoms with van der Waals surface area (Å²) in [6, 6.07) is 0.319. The summed E-state index contributed by atoms with van der Waals surface area (Å²) in [4.78, 5) is 11.8. The number of hydrogen-bond donors (Lipinski definition) is 1. The SMILES string of the molecule is CSCC(C)NC(=O)C1CCCCC1. The molecule has 0 bridgehead atoms. The molecule has 1 saturated carbocycles. The molecule has 14 heavy (non-hydrogen) atoms. The van der Waals surface area contributed by atoms with E-state index in [0.717, 1.165) is 18.6 Å². The van der Waals surface area contributed by atoms with Gasteiger partial charge in [-0.25, -0.2) is 0 Å². The molecule has 2 nitrogen and oxygen atoms in total. The Labute approximate surface area is 91.2 Å². The number of hydrogen-bond acceptors (Lipinski definition) is 2. The van der Waals surface area contributed by atoms with Gasteiger partial charge in [0, 0.05) is 17.7 Å². The predicted molar refractivity (Wildman–Crippen MR) is 62.6 cm³/mol. The molecule has 0 aromatic rings. The summed E-state index contributed by atoms with van der Waals surface area (Å²) < 4.78 is 0. The molecule has 3 heteroatoms. The summed E-state index contributed by atoms with van der Waals surface area (Å²) in [5.41, 5.74) is 0. The second-order valence-electron chi connectivity index (χ2n) is 4.20. The smallest absolute Gasteiger partial charge is 0.223 e. The van der Waals surface area contributed by atoms with Crippen molar-refractivity contribution in [2.24, 2.45) is 5.92 Å². The van der Waals surface area contributed by atoms with Gasteiger partial charge in [0.2, 0.25) is 5.91 Å². The fourth-order valence-corrected chi connectivity index (χ4v) is 2.60. The molecule has 0 heterocycles. The van der Waals surface area contributed by atoms with E-state index in [4.69, 9.17) is 0 Å². The highest BCUT2D eigenvalue weighted by molar-refractivity contribution is 7.98. The summed E-state index contributed by atoms with van der Waals surface area (Å²) in [5, 5.41) is 3.09. The van der Waals surface area contributed by atoms with Crippen molar-refractivity contribution in [3.05, 3.63) is 0 Å². The quantitative estimate of drug-likeness (QED) is 0.780. The molecule has 1 aliphatic rings. The largest absolute Gasteiger partial charge is 0.353 e. The lowest BCUT2D eigenvalue weighted by atomic mass is 9.88. The van der Waals surface area contributed by atoms with E-state index in [1.165, 1.54) is 19.3 Å². The highest BCUT2D eigenvalue weighted by Gasteiger charge is 2.21. The van der Waals surface area contributed by atoms with E-state index in [-0.39, 0.29) is 5.91 Å². The standard InChI is InChI=1S/C11H21NOS/c1-9(8-14-2)12-11(13)10-6-4-3-5-7-10/h9-10H,3-8H2,1-2H3,(H,12,13). The molecule has 1 unspecified atom stereocenters. The first kappa shape index (κ1) is 11.9. The van der Waals surface area contributed by atoms with E-state index in [0.29, 0.717) is 12.0 Å². The molecule has 0 radical (unpaired) electrons. The van der Waals surface area contributed by atoms with Gasteiger partial charge in [-0.3, -0.25) is 4.79 Å². The molecule has 82 valence electrons. The van der Waals surface area contributed by atoms with Crippen LogP contribution in [0.15, 0.2) is 0 Å². The van der Waals surface area contributed by atoms with Crippen LogP contribution in [-0.4, -0.2) is 24.0 Å². The summed E-state index contributed by atoms with van der Waals surface area (Å²) >= 11 is 1.78. The first-order valence-corrected chi connectivity index (χ1v) is 6.92. The summed E-state index contributed by atoms with van der Waals surface area (Å²) in [5.74, 6) is 1.60. The van der Waals surface area contributed by atoms with Crippen LogP contribution in [0.4, 0.5) is 0 Å². The van der Waals surface area contributed by atoms with Crippen LogP contribution in [0.2, 0.25) is 0 Å². The Morgan fingerprint density at radius 1 is 1.43 bits per heavy atom. The second kappa shape index (κ2) is 6.33. The van der Waals surface area contributed by atoms with E-state index in [1.807, 2.05) is 0 Å². The van der Waals surface area contributed by atoms with Gasteiger partial charge in [0.05, 0.1) is 0 Å². The Hall–Kier alpha value is -0.180. The van der Waals surface area contributed by atoms with Crippen LogP contribution < -0.4 is 5.32 Å². The van der Waals surface area contributed by atoms with Crippen LogP contribution in [0.25, 0.3) is 0 Å². The summed E-state index contributed by atoms with van der Waals surface area (Å²) in [6.45, 7) is 2.08. The average Bonchev–Trinajstić information content (AvgIpc) is 2.19. The number of thioether (sulfide) groups is 1. The van der Waals surface area contributed by atoms with Crippen LogP contribution in [0.5, 0.6) is 0 Å². The number of carbonyl (C=O) groups excluding carboxylic acids is 1. The molecular weight excluding hydrogens is 194 g/mol. The van der Waals surface area contributed by atoms with Gasteiger partial charge in [-0.05, 0) is 26.0 Å². The van der Waals surface area contributed by atoms with Gasteiger partial charge in [0.25, 0.3) is 0 Å². The van der Waals surface area contributed by atoms with Crippen LogP contribution in [0.3, 0.4) is 0 Å². The lowest BCUT2D eigenvalue weighted by Crippen LogP contribution is -2.39. The van der Waals surface area contributed by atoms with Crippen LogP contribution in [0.1, 0.15) is 39.0 Å². The van der Waals surface area contributed by atoms with Crippen molar-refractivity contribution in [2.75, 3.05) is 12.0 Å². The van der Waals surface area contributed by atoms with Crippen molar-refractivity contribution in [2.45, 2.75) is 45.1 Å². The molecule has 1 aliphatic carbocycles. The van der Waals surface area contributed by atoms with E-state index in [1.54, 1.807) is 11.8 Å². The first-order chi connectivity index (χ1) is 6.74. The molecule has 1 atom stereocenters. The minimum absolute atomic E-state index is 0.284. The Bertz CT molecular complexity index is 178. The maximum absolute atomic E-state index is 11.8. The first-order valence-electron chi connectivity index (χ1n) is 5.53. The summed E-state index contributed by atoms with van der Waals surface area (Å²) in [6.07, 6.45) is 8.03. The normalized spacial score (nSPS) is 20.4. The molecule has 0 aromatic carbocycles. The molecule has 0 spiro atoms. The van der Waals surface area contributed by atoms with Gasteiger partial charge in [-0.15, -0.1) is 0 Å². The van der Waals surface area contributed by atoms with Gasteiger partial charge in [0.15, 0.2) is 0 Å². The highest BCUT2D eigenvalue weighted by atomic mass is 32.2. The Morgan fingerprint density at radius 2 is 2.07 bits per heavy atom. The zero-order valence-corrected chi connectivity index (χ0v) is 10.0. The van der Waals surface area contributed by atoms with Crippen molar-refractivity contribution in [1.29, 1.82) is 0 Å². The van der Waals surface area contributed by atoms with Gasteiger partial charge in [-0.1, -0.05) is 19.3 Å². The average molecular weight is 215 g/mol. The highest BCUT2D eigenvalue weighted by Crippen LogP contribution is 2.23. The maximum Gasteiger partial charge on any atom is 0.223 e. The number of nitrogens with one attached hydrogen (secondary N) is 1. The fourth-order valence-electron chi connectivity index (χ4n) is 2.02. The molecule has 0 saturated heterocycles. The zero-order chi connectivity index (χ0) is 10.4. The molecule has 1 amide bonds. The van der Waals surface area contributed by atoms with Crippen molar-refractivity contribution in [1.82, 2.24) is 5.32 Å². The third kappa shape index (κ3) is 3.91. The van der Waals surface area contributed by atoms with Gasteiger partial charge >= 0.3 is 0 Å². The lowest BCUT2D eigenvalue weighted by molar-refractivity contribution is -0.126. The van der Waals surface area contributed by atoms with Gasteiger partial charge in [0.1, 0.15) is 0 Å².